The lowest BCUT2D eigenvalue weighted by molar-refractivity contribution is 0.104. The first-order chi connectivity index (χ1) is 9.74. The molecule has 0 bridgehead atoms. The third-order valence-electron chi connectivity index (χ3n) is 2.64. The fraction of sp³-hybridized carbons (Fsp3) is 0.133. The topological polar surface area (TPSA) is 61.3 Å². The number of hydrogen-bond acceptors (Lipinski definition) is 5. The number of carbonyl (C=O) groups excluding carboxylic acids is 1. The highest BCUT2D eigenvalue weighted by Crippen LogP contribution is 2.26. The molecule has 0 saturated heterocycles. The molecule has 2 rings (SSSR count). The number of aromatic nitrogens is 2. The summed E-state index contributed by atoms with van der Waals surface area (Å²) in [4.78, 5) is 20.0. The van der Waals surface area contributed by atoms with Crippen molar-refractivity contribution < 1.29 is 14.3 Å². The molecule has 0 aromatic carbocycles. The molecular weight excluding hydrogens is 256 g/mol. The van der Waals surface area contributed by atoms with Crippen LogP contribution in [0.15, 0.2) is 42.9 Å². The Balaban J connectivity index is 2.17. The Hall–Kier alpha value is -2.69. The molecule has 0 atom stereocenters. The molecule has 2 heterocycles. The zero-order valence-electron chi connectivity index (χ0n) is 11.2. The highest BCUT2D eigenvalue weighted by atomic mass is 16.5. The summed E-state index contributed by atoms with van der Waals surface area (Å²) in [5.74, 6) is 0.980. The van der Waals surface area contributed by atoms with Gasteiger partial charge in [0.05, 0.1) is 26.1 Å². The van der Waals surface area contributed by atoms with Crippen molar-refractivity contribution in [1.29, 1.82) is 0 Å². The molecule has 0 fully saturated rings. The minimum atomic E-state index is -0.130. The summed E-state index contributed by atoms with van der Waals surface area (Å²) in [6.07, 6.45) is 7.76. The SMILES string of the molecule is COc1cnc(C=CC(=O)c2cccnc2)cc1OC. The minimum Gasteiger partial charge on any atom is -0.493 e. The Morgan fingerprint density at radius 1 is 1.20 bits per heavy atom. The number of nitrogens with zero attached hydrogens (tertiary/aromatic N) is 2. The van der Waals surface area contributed by atoms with Gasteiger partial charge in [-0.2, -0.15) is 0 Å². The summed E-state index contributed by atoms with van der Waals surface area (Å²) in [6.45, 7) is 0. The van der Waals surface area contributed by atoms with E-state index in [2.05, 4.69) is 9.97 Å². The third kappa shape index (κ3) is 3.20. The van der Waals surface area contributed by atoms with Gasteiger partial charge in [0.25, 0.3) is 0 Å². The Morgan fingerprint density at radius 3 is 2.65 bits per heavy atom. The Kier molecular flexibility index (Phi) is 4.44. The first kappa shape index (κ1) is 13.7. The van der Waals surface area contributed by atoms with Crippen molar-refractivity contribution in [3.05, 3.63) is 54.1 Å². The predicted molar refractivity (Wildman–Crippen MR) is 74.9 cm³/mol. The van der Waals surface area contributed by atoms with Crippen LogP contribution in [0.3, 0.4) is 0 Å². The van der Waals surface area contributed by atoms with Gasteiger partial charge in [0.2, 0.25) is 0 Å². The zero-order chi connectivity index (χ0) is 14.4. The van der Waals surface area contributed by atoms with Gasteiger partial charge >= 0.3 is 0 Å². The van der Waals surface area contributed by atoms with Gasteiger partial charge < -0.3 is 9.47 Å². The highest BCUT2D eigenvalue weighted by Gasteiger charge is 2.05. The van der Waals surface area contributed by atoms with Crippen LogP contribution < -0.4 is 9.47 Å². The second kappa shape index (κ2) is 6.47. The molecule has 0 aliphatic carbocycles. The number of ether oxygens (including phenoxy) is 2. The second-order valence-electron chi connectivity index (χ2n) is 3.90. The smallest absolute Gasteiger partial charge is 0.187 e. The summed E-state index contributed by atoms with van der Waals surface area (Å²) in [5.41, 5.74) is 1.14. The van der Waals surface area contributed by atoms with Crippen LogP contribution in [0.2, 0.25) is 0 Å². The van der Waals surface area contributed by atoms with Crippen molar-refractivity contribution in [2.75, 3.05) is 14.2 Å². The lowest BCUT2D eigenvalue weighted by atomic mass is 10.1. The van der Waals surface area contributed by atoms with Crippen LogP contribution in [0.1, 0.15) is 16.1 Å². The number of rotatable bonds is 5. The monoisotopic (exact) mass is 270 g/mol. The van der Waals surface area contributed by atoms with Gasteiger partial charge in [-0.3, -0.25) is 14.8 Å². The fourth-order valence-electron chi connectivity index (χ4n) is 1.61. The number of methoxy groups -OCH3 is 2. The van der Waals surface area contributed by atoms with Gasteiger partial charge in [-0.1, -0.05) is 0 Å². The average Bonchev–Trinajstić information content (AvgIpc) is 2.53. The predicted octanol–water partition coefficient (Wildman–Crippen LogP) is 2.39. The van der Waals surface area contributed by atoms with Crippen LogP contribution in [0.5, 0.6) is 11.5 Å². The van der Waals surface area contributed by atoms with Gasteiger partial charge in [0.15, 0.2) is 17.3 Å². The normalized spacial score (nSPS) is 10.5. The first-order valence-electron chi connectivity index (χ1n) is 5.95. The lowest BCUT2D eigenvalue weighted by Gasteiger charge is -2.06. The number of carbonyl (C=O) groups is 1. The largest absolute Gasteiger partial charge is 0.493 e. The molecule has 0 unspecified atom stereocenters. The molecule has 0 amide bonds. The van der Waals surface area contributed by atoms with Crippen molar-refractivity contribution in [2.24, 2.45) is 0 Å². The molecule has 20 heavy (non-hydrogen) atoms. The summed E-state index contributed by atoms with van der Waals surface area (Å²) in [6, 6.07) is 5.13. The molecule has 2 aromatic rings. The van der Waals surface area contributed by atoms with E-state index in [-0.39, 0.29) is 5.78 Å². The summed E-state index contributed by atoms with van der Waals surface area (Å²) in [7, 11) is 3.09. The van der Waals surface area contributed by atoms with Crippen LogP contribution >= 0.6 is 0 Å². The molecule has 102 valence electrons. The number of pyridine rings is 2. The lowest BCUT2D eigenvalue weighted by Crippen LogP contribution is -1.95. The van der Waals surface area contributed by atoms with Gasteiger partial charge in [-0.05, 0) is 24.3 Å². The molecule has 2 aromatic heterocycles. The molecule has 5 nitrogen and oxygen atoms in total. The molecule has 5 heteroatoms. The maximum Gasteiger partial charge on any atom is 0.187 e. The molecule has 0 aliphatic rings. The Labute approximate surface area is 116 Å². The maximum atomic E-state index is 11.9. The van der Waals surface area contributed by atoms with Crippen LogP contribution in [-0.2, 0) is 0 Å². The van der Waals surface area contributed by atoms with Crippen molar-refractivity contribution in [3.63, 3.8) is 0 Å². The minimum absolute atomic E-state index is 0.130. The van der Waals surface area contributed by atoms with Gasteiger partial charge in [-0.15, -0.1) is 0 Å². The van der Waals surface area contributed by atoms with Crippen molar-refractivity contribution in [1.82, 2.24) is 9.97 Å². The van der Waals surface area contributed by atoms with Crippen LogP contribution in [0.25, 0.3) is 6.08 Å². The van der Waals surface area contributed by atoms with Gasteiger partial charge in [0.1, 0.15) is 0 Å². The highest BCUT2D eigenvalue weighted by molar-refractivity contribution is 6.06. The van der Waals surface area contributed by atoms with Crippen molar-refractivity contribution in [3.8, 4) is 11.5 Å². The summed E-state index contributed by atoms with van der Waals surface area (Å²) >= 11 is 0. The fourth-order valence-corrected chi connectivity index (χ4v) is 1.61. The van der Waals surface area contributed by atoms with E-state index in [0.29, 0.717) is 22.8 Å². The first-order valence-corrected chi connectivity index (χ1v) is 5.95. The van der Waals surface area contributed by atoms with E-state index in [0.717, 1.165) is 0 Å². The van der Waals surface area contributed by atoms with E-state index >= 15 is 0 Å². The molecular formula is C15H14N2O3. The van der Waals surface area contributed by atoms with E-state index < -0.39 is 0 Å². The standard InChI is InChI=1S/C15H14N2O3/c1-19-14-8-12(17-10-15(14)20-2)5-6-13(18)11-4-3-7-16-9-11/h3-10H,1-2H3. The third-order valence-corrected chi connectivity index (χ3v) is 2.64. The Morgan fingerprint density at radius 2 is 2.00 bits per heavy atom. The zero-order valence-corrected chi connectivity index (χ0v) is 11.2. The van der Waals surface area contributed by atoms with Crippen LogP contribution in [-0.4, -0.2) is 30.0 Å². The van der Waals surface area contributed by atoms with E-state index in [4.69, 9.17) is 9.47 Å². The maximum absolute atomic E-state index is 11.9. The van der Waals surface area contributed by atoms with E-state index in [1.54, 1.807) is 50.9 Å². The van der Waals surface area contributed by atoms with E-state index in [9.17, 15) is 4.79 Å². The molecule has 0 aliphatic heterocycles. The van der Waals surface area contributed by atoms with Crippen LogP contribution in [0, 0.1) is 0 Å². The van der Waals surface area contributed by atoms with Crippen molar-refractivity contribution >= 4 is 11.9 Å². The molecule has 0 saturated carbocycles. The van der Waals surface area contributed by atoms with E-state index in [1.165, 1.54) is 12.3 Å². The second-order valence-corrected chi connectivity index (χ2v) is 3.90. The van der Waals surface area contributed by atoms with E-state index in [1.807, 2.05) is 0 Å². The number of allylic oxidation sites excluding steroid dienone is 1. The Bertz CT molecular complexity index is 624. The summed E-state index contributed by atoms with van der Waals surface area (Å²) < 4.78 is 10.3. The molecule has 0 spiro atoms. The number of hydrogen-bond donors (Lipinski definition) is 0. The van der Waals surface area contributed by atoms with Crippen molar-refractivity contribution in [2.45, 2.75) is 0 Å². The molecule has 0 N–H and O–H groups in total. The average molecular weight is 270 g/mol. The number of ketones is 1. The van der Waals surface area contributed by atoms with Crippen LogP contribution in [0.4, 0.5) is 0 Å². The summed E-state index contributed by atoms with van der Waals surface area (Å²) in [5, 5.41) is 0. The quantitative estimate of drug-likeness (QED) is 0.616. The molecule has 0 radical (unpaired) electrons. The van der Waals surface area contributed by atoms with Gasteiger partial charge in [0, 0.05) is 24.0 Å². The van der Waals surface area contributed by atoms with Gasteiger partial charge in [-0.25, -0.2) is 0 Å².